The van der Waals surface area contributed by atoms with Crippen molar-refractivity contribution in [2.24, 2.45) is 0 Å². The maximum absolute atomic E-state index is 11.2. The van der Waals surface area contributed by atoms with Gasteiger partial charge in [0.25, 0.3) is 0 Å². The highest BCUT2D eigenvalue weighted by molar-refractivity contribution is 5.83. The summed E-state index contributed by atoms with van der Waals surface area (Å²) in [6.45, 7) is 0.874. The molecule has 1 aromatic heterocycles. The summed E-state index contributed by atoms with van der Waals surface area (Å²) >= 11 is 0. The molecule has 0 fully saturated rings. The van der Waals surface area contributed by atoms with Crippen molar-refractivity contribution < 1.29 is 4.79 Å². The predicted molar refractivity (Wildman–Crippen MR) is 52.0 cm³/mol. The second-order valence-corrected chi connectivity index (χ2v) is 2.83. The van der Waals surface area contributed by atoms with Crippen LogP contribution in [0.3, 0.4) is 0 Å². The molecule has 72 valence electrons. The molecule has 0 bridgehead atoms. The van der Waals surface area contributed by atoms with Crippen LogP contribution in [0.15, 0.2) is 24.5 Å². The quantitative estimate of drug-likeness (QED) is 0.652. The predicted octanol–water partition coefficient (Wildman–Crippen LogP) is 0.558. The molecule has 0 aliphatic heterocycles. The fraction of sp³-hybridized carbons (Fsp3) is 0.444. The third-order valence-electron chi connectivity index (χ3n) is 1.69. The Morgan fingerprint density at radius 1 is 1.38 bits per heavy atom. The summed E-state index contributed by atoms with van der Waals surface area (Å²) in [6, 6.07) is 3.74. The van der Waals surface area contributed by atoms with Crippen molar-refractivity contribution in [1.29, 1.82) is 0 Å². The number of carbonyl (C=O) groups excluding carboxylic acids is 1. The number of aromatic nitrogens is 1. The van der Waals surface area contributed by atoms with Crippen LogP contribution in [0.1, 0.15) is 12.8 Å². The van der Waals surface area contributed by atoms with Gasteiger partial charge in [-0.05, 0) is 32.1 Å². The lowest BCUT2D eigenvalue weighted by Crippen LogP contribution is -2.22. The van der Waals surface area contributed by atoms with Gasteiger partial charge in [-0.2, -0.15) is 0 Å². The maximum Gasteiger partial charge on any atom is 0.238 e. The van der Waals surface area contributed by atoms with Crippen LogP contribution in [-0.4, -0.2) is 24.2 Å². The summed E-state index contributed by atoms with van der Waals surface area (Å²) in [4.78, 5) is 11.2. The van der Waals surface area contributed by atoms with E-state index in [1.165, 1.54) is 0 Å². The molecule has 0 radical (unpaired) electrons. The first-order valence-corrected chi connectivity index (χ1v) is 4.40. The molecule has 1 rings (SSSR count). The molecular weight excluding hydrogens is 166 g/mol. The largest absolute Gasteiger partial charge is 0.320 e. The summed E-state index contributed by atoms with van der Waals surface area (Å²) < 4.78 is 1.65. The van der Waals surface area contributed by atoms with Crippen molar-refractivity contribution in [3.8, 4) is 0 Å². The molecule has 4 heteroatoms. The number of rotatable bonds is 5. The first-order valence-electron chi connectivity index (χ1n) is 4.40. The van der Waals surface area contributed by atoms with Crippen LogP contribution < -0.4 is 10.7 Å². The molecule has 0 saturated carbocycles. The molecule has 0 aliphatic carbocycles. The summed E-state index contributed by atoms with van der Waals surface area (Å²) in [5, 5.41) is 3.00. The van der Waals surface area contributed by atoms with Gasteiger partial charge in [-0.3, -0.25) is 14.9 Å². The van der Waals surface area contributed by atoms with Crippen LogP contribution in [0.4, 0.5) is 0 Å². The third kappa shape index (κ3) is 3.75. The lowest BCUT2D eigenvalue weighted by molar-refractivity contribution is -0.117. The number of hydrogen-bond donors (Lipinski definition) is 2. The highest BCUT2D eigenvalue weighted by Gasteiger charge is 1.99. The van der Waals surface area contributed by atoms with E-state index in [4.69, 9.17) is 0 Å². The number of amides is 1. The minimum atomic E-state index is 0.0476. The van der Waals surface area contributed by atoms with E-state index >= 15 is 0 Å². The molecule has 0 unspecified atom stereocenters. The number of carbonyl (C=O) groups is 1. The van der Waals surface area contributed by atoms with E-state index in [9.17, 15) is 4.79 Å². The molecule has 1 aromatic rings. The summed E-state index contributed by atoms with van der Waals surface area (Å²) in [5.41, 5.74) is 2.73. The van der Waals surface area contributed by atoms with Crippen molar-refractivity contribution in [1.82, 2.24) is 9.99 Å². The number of hydrogen-bond acceptors (Lipinski definition) is 2. The number of nitrogens with one attached hydrogen (secondary N) is 2. The van der Waals surface area contributed by atoms with Crippen molar-refractivity contribution in [2.75, 3.05) is 19.0 Å². The Balaban J connectivity index is 2.18. The zero-order valence-electron chi connectivity index (χ0n) is 7.79. The SMILES string of the molecule is CNCCCC(=O)Nn1cccc1. The Kier molecular flexibility index (Phi) is 4.05. The lowest BCUT2D eigenvalue weighted by atomic mass is 10.3. The first kappa shape index (κ1) is 9.80. The normalized spacial score (nSPS) is 9.92. The molecule has 4 nitrogen and oxygen atoms in total. The van der Waals surface area contributed by atoms with Gasteiger partial charge in [0.2, 0.25) is 5.91 Å². The zero-order valence-corrected chi connectivity index (χ0v) is 7.79. The van der Waals surface area contributed by atoms with Crippen molar-refractivity contribution in [3.05, 3.63) is 24.5 Å². The standard InChI is InChI=1S/C9H15N3O/c1-10-6-4-5-9(13)11-12-7-2-3-8-12/h2-3,7-8,10H,4-6H2,1H3,(H,11,13). The monoisotopic (exact) mass is 181 g/mol. The van der Waals surface area contributed by atoms with Gasteiger partial charge in [-0.15, -0.1) is 0 Å². The van der Waals surface area contributed by atoms with E-state index in [1.807, 2.05) is 19.2 Å². The van der Waals surface area contributed by atoms with Crippen molar-refractivity contribution in [3.63, 3.8) is 0 Å². The molecule has 13 heavy (non-hydrogen) atoms. The minimum Gasteiger partial charge on any atom is -0.320 e. The summed E-state index contributed by atoms with van der Waals surface area (Å²) in [5.74, 6) is 0.0476. The molecule has 2 N–H and O–H groups in total. The van der Waals surface area contributed by atoms with Crippen LogP contribution in [0.5, 0.6) is 0 Å². The van der Waals surface area contributed by atoms with Crippen molar-refractivity contribution >= 4 is 5.91 Å². The van der Waals surface area contributed by atoms with Crippen molar-refractivity contribution in [2.45, 2.75) is 12.8 Å². The Labute approximate surface area is 77.9 Å². The molecule has 1 heterocycles. The van der Waals surface area contributed by atoms with E-state index < -0.39 is 0 Å². The van der Waals surface area contributed by atoms with Crippen LogP contribution in [0, 0.1) is 0 Å². The molecule has 0 aromatic carbocycles. The van der Waals surface area contributed by atoms with Gasteiger partial charge in [-0.1, -0.05) is 0 Å². The Hall–Kier alpha value is -1.29. The average Bonchev–Trinajstić information content (AvgIpc) is 2.57. The van der Waals surface area contributed by atoms with Gasteiger partial charge in [-0.25, -0.2) is 0 Å². The Morgan fingerprint density at radius 3 is 2.69 bits per heavy atom. The van der Waals surface area contributed by atoms with E-state index in [0.717, 1.165) is 13.0 Å². The fourth-order valence-corrected chi connectivity index (χ4v) is 1.03. The van der Waals surface area contributed by atoms with E-state index in [1.54, 1.807) is 17.1 Å². The lowest BCUT2D eigenvalue weighted by Gasteiger charge is -2.05. The van der Waals surface area contributed by atoms with Crippen LogP contribution in [-0.2, 0) is 4.79 Å². The molecule has 0 saturated heterocycles. The van der Waals surface area contributed by atoms with Gasteiger partial charge < -0.3 is 5.32 Å². The Morgan fingerprint density at radius 2 is 2.08 bits per heavy atom. The van der Waals surface area contributed by atoms with Crippen LogP contribution in [0.2, 0.25) is 0 Å². The molecular formula is C9H15N3O. The van der Waals surface area contributed by atoms with Gasteiger partial charge in [0.05, 0.1) is 0 Å². The molecule has 0 atom stereocenters. The maximum atomic E-state index is 11.2. The second-order valence-electron chi connectivity index (χ2n) is 2.83. The zero-order chi connectivity index (χ0) is 9.52. The van der Waals surface area contributed by atoms with E-state index in [-0.39, 0.29) is 5.91 Å². The minimum absolute atomic E-state index is 0.0476. The molecule has 0 aliphatic rings. The smallest absolute Gasteiger partial charge is 0.238 e. The summed E-state index contributed by atoms with van der Waals surface area (Å²) in [7, 11) is 1.88. The highest BCUT2D eigenvalue weighted by atomic mass is 16.2. The van der Waals surface area contributed by atoms with Gasteiger partial charge >= 0.3 is 0 Å². The van der Waals surface area contributed by atoms with Crippen LogP contribution >= 0.6 is 0 Å². The molecule has 0 spiro atoms. The van der Waals surface area contributed by atoms with Gasteiger partial charge in [0.1, 0.15) is 0 Å². The van der Waals surface area contributed by atoms with E-state index in [2.05, 4.69) is 10.7 Å². The fourth-order valence-electron chi connectivity index (χ4n) is 1.03. The molecule has 1 amide bonds. The average molecular weight is 181 g/mol. The highest BCUT2D eigenvalue weighted by Crippen LogP contribution is 1.90. The summed E-state index contributed by atoms with van der Waals surface area (Å²) in [6.07, 6.45) is 5.02. The second kappa shape index (κ2) is 5.37. The third-order valence-corrected chi connectivity index (χ3v) is 1.69. The van der Waals surface area contributed by atoms with Gasteiger partial charge in [0.15, 0.2) is 0 Å². The van der Waals surface area contributed by atoms with E-state index in [0.29, 0.717) is 6.42 Å². The Bertz CT molecular complexity index is 243. The van der Waals surface area contributed by atoms with Crippen LogP contribution in [0.25, 0.3) is 0 Å². The number of nitrogens with zero attached hydrogens (tertiary/aromatic N) is 1. The van der Waals surface area contributed by atoms with Gasteiger partial charge in [0, 0.05) is 18.8 Å². The topological polar surface area (TPSA) is 46.1 Å². The first-order chi connectivity index (χ1) is 6.33.